The van der Waals surface area contributed by atoms with Crippen molar-refractivity contribution in [3.63, 3.8) is 0 Å². The number of rotatable bonds is 6. The smallest absolute Gasteiger partial charge is 0.327 e. The number of carboxylic acids is 1. The summed E-state index contributed by atoms with van der Waals surface area (Å²) in [5.74, 6) is 0.0980. The van der Waals surface area contributed by atoms with Crippen LogP contribution in [0.4, 0.5) is 0 Å². The van der Waals surface area contributed by atoms with Crippen molar-refractivity contribution in [1.29, 1.82) is 0 Å². The Balaban J connectivity index is 2.67. The lowest BCUT2D eigenvalue weighted by Crippen LogP contribution is -2.45. The first kappa shape index (κ1) is 16.3. The van der Waals surface area contributed by atoms with Gasteiger partial charge in [0.05, 0.1) is 5.37 Å². The second kappa shape index (κ2) is 7.14. The molecule has 1 fully saturated rings. The maximum absolute atomic E-state index is 12.3. The lowest BCUT2D eigenvalue weighted by molar-refractivity contribution is -0.149. The van der Waals surface area contributed by atoms with Gasteiger partial charge < -0.3 is 15.7 Å². The topological polar surface area (TPSA) is 83.6 Å². The number of nitrogens with two attached hydrogens (primary N) is 1. The van der Waals surface area contributed by atoms with Crippen molar-refractivity contribution in [3.05, 3.63) is 0 Å². The maximum atomic E-state index is 12.3. The number of hydrogen-bond acceptors (Lipinski definition) is 4. The van der Waals surface area contributed by atoms with Crippen LogP contribution in [0.3, 0.4) is 0 Å². The van der Waals surface area contributed by atoms with Crippen molar-refractivity contribution < 1.29 is 14.7 Å². The molecular formula is C13H24N2O3S. The van der Waals surface area contributed by atoms with Crippen LogP contribution in [0.1, 0.15) is 33.6 Å². The summed E-state index contributed by atoms with van der Waals surface area (Å²) in [7, 11) is 0. The minimum atomic E-state index is -0.918. The van der Waals surface area contributed by atoms with E-state index in [0.717, 1.165) is 6.42 Å². The van der Waals surface area contributed by atoms with Gasteiger partial charge in [-0.1, -0.05) is 13.8 Å². The van der Waals surface area contributed by atoms with Gasteiger partial charge in [-0.25, -0.2) is 4.79 Å². The van der Waals surface area contributed by atoms with E-state index < -0.39 is 12.0 Å². The van der Waals surface area contributed by atoms with Crippen LogP contribution in [0.5, 0.6) is 0 Å². The quantitative estimate of drug-likeness (QED) is 0.771. The highest BCUT2D eigenvalue weighted by Crippen LogP contribution is 2.30. The molecular weight excluding hydrogens is 264 g/mol. The fourth-order valence-electron chi connectivity index (χ4n) is 2.49. The fraction of sp³-hybridized carbons (Fsp3) is 0.846. The minimum Gasteiger partial charge on any atom is -0.480 e. The second-order valence-corrected chi connectivity index (χ2v) is 6.87. The number of hydrogen-bond donors (Lipinski definition) is 2. The molecule has 0 aromatic heterocycles. The summed E-state index contributed by atoms with van der Waals surface area (Å²) in [6, 6.07) is -0.690. The zero-order valence-electron chi connectivity index (χ0n) is 11.8. The lowest BCUT2D eigenvalue weighted by Gasteiger charge is -2.27. The number of carbonyl (C=O) groups is 2. The van der Waals surface area contributed by atoms with E-state index >= 15 is 0 Å². The molecule has 3 N–H and O–H groups in total. The summed E-state index contributed by atoms with van der Waals surface area (Å²) in [5, 5.41) is 9.09. The fourth-order valence-corrected chi connectivity index (χ4v) is 3.68. The van der Waals surface area contributed by atoms with E-state index in [0.29, 0.717) is 24.6 Å². The predicted molar refractivity (Wildman–Crippen MR) is 76.8 cm³/mol. The molecule has 0 aromatic carbocycles. The molecule has 1 heterocycles. The Bertz CT molecular complexity index is 336. The van der Waals surface area contributed by atoms with Crippen molar-refractivity contribution in [3.8, 4) is 0 Å². The maximum Gasteiger partial charge on any atom is 0.327 e. The first-order chi connectivity index (χ1) is 8.86. The van der Waals surface area contributed by atoms with Crippen molar-refractivity contribution in [2.24, 2.45) is 17.6 Å². The van der Waals surface area contributed by atoms with Gasteiger partial charge in [0.2, 0.25) is 5.91 Å². The third kappa shape index (κ3) is 4.38. The lowest BCUT2D eigenvalue weighted by atomic mass is 9.93. The van der Waals surface area contributed by atoms with Crippen molar-refractivity contribution >= 4 is 23.6 Å². The molecule has 0 saturated carbocycles. The zero-order chi connectivity index (χ0) is 14.6. The predicted octanol–water partition coefficient (Wildman–Crippen LogP) is 1.37. The van der Waals surface area contributed by atoms with E-state index in [1.165, 1.54) is 16.7 Å². The summed E-state index contributed by atoms with van der Waals surface area (Å²) in [4.78, 5) is 25.0. The van der Waals surface area contributed by atoms with Gasteiger partial charge in [-0.15, -0.1) is 11.8 Å². The zero-order valence-corrected chi connectivity index (χ0v) is 12.7. The summed E-state index contributed by atoms with van der Waals surface area (Å²) >= 11 is 1.51. The highest BCUT2D eigenvalue weighted by atomic mass is 32.2. The number of carboxylic acid groups (broad SMARTS) is 1. The molecule has 1 saturated heterocycles. The van der Waals surface area contributed by atoms with Crippen molar-refractivity contribution in [2.75, 3.05) is 12.3 Å². The average Bonchev–Trinajstić information content (AvgIpc) is 2.69. The highest BCUT2D eigenvalue weighted by Gasteiger charge is 2.39. The Labute approximate surface area is 118 Å². The molecule has 1 amide bonds. The molecule has 0 bridgehead atoms. The van der Waals surface area contributed by atoms with E-state index in [-0.39, 0.29) is 17.2 Å². The number of nitrogens with zero attached hydrogens (tertiary/aromatic N) is 1. The number of aliphatic carboxylic acids is 1. The summed E-state index contributed by atoms with van der Waals surface area (Å²) in [6.45, 7) is 6.55. The monoisotopic (exact) mass is 288 g/mol. The molecule has 6 heteroatoms. The first-order valence-corrected chi connectivity index (χ1v) is 7.77. The molecule has 0 spiro atoms. The average molecular weight is 288 g/mol. The third-order valence-corrected chi connectivity index (χ3v) is 4.61. The van der Waals surface area contributed by atoms with Gasteiger partial charge in [0.1, 0.15) is 6.04 Å². The van der Waals surface area contributed by atoms with Gasteiger partial charge in [0.25, 0.3) is 0 Å². The molecule has 2 unspecified atom stereocenters. The van der Waals surface area contributed by atoms with E-state index in [1.807, 2.05) is 6.92 Å². The van der Waals surface area contributed by atoms with Crippen LogP contribution in [0.15, 0.2) is 0 Å². The highest BCUT2D eigenvalue weighted by molar-refractivity contribution is 8.00. The molecule has 1 aliphatic heterocycles. The molecule has 1 rings (SSSR count). The van der Waals surface area contributed by atoms with Crippen LogP contribution >= 0.6 is 11.8 Å². The Morgan fingerprint density at radius 3 is 2.58 bits per heavy atom. The third-order valence-electron chi connectivity index (χ3n) is 3.40. The number of thioether (sulfide) groups is 1. The summed E-state index contributed by atoms with van der Waals surface area (Å²) < 4.78 is 0. The number of amides is 1. The number of carbonyl (C=O) groups excluding carboxylic acids is 1. The Hall–Kier alpha value is -0.750. The molecule has 0 aliphatic carbocycles. The van der Waals surface area contributed by atoms with E-state index in [4.69, 9.17) is 10.8 Å². The van der Waals surface area contributed by atoms with Gasteiger partial charge in [0.15, 0.2) is 0 Å². The molecule has 0 aromatic rings. The van der Waals surface area contributed by atoms with Crippen molar-refractivity contribution in [1.82, 2.24) is 4.90 Å². The molecule has 3 atom stereocenters. The largest absolute Gasteiger partial charge is 0.480 e. The van der Waals surface area contributed by atoms with Gasteiger partial charge >= 0.3 is 5.97 Å². The molecule has 5 nitrogen and oxygen atoms in total. The van der Waals surface area contributed by atoms with Crippen molar-refractivity contribution in [2.45, 2.75) is 45.0 Å². The summed E-state index contributed by atoms with van der Waals surface area (Å²) in [5.41, 5.74) is 5.70. The van der Waals surface area contributed by atoms with Gasteiger partial charge in [-0.3, -0.25) is 4.79 Å². The second-order valence-electron chi connectivity index (χ2n) is 5.52. The van der Waals surface area contributed by atoms with Crippen LogP contribution < -0.4 is 5.73 Å². The van der Waals surface area contributed by atoms with E-state index in [1.54, 1.807) is 0 Å². The standard InChI is InChI=1S/C13H24N2O3S/c1-8(2)4-10(6-14)5-12(16)15-9(3)19-7-11(15)13(17)18/h8-11H,4-7,14H2,1-3H3,(H,17,18)/t9?,10-,11?/m0/s1. The van der Waals surface area contributed by atoms with Gasteiger partial charge in [-0.2, -0.15) is 0 Å². The van der Waals surface area contributed by atoms with Gasteiger partial charge in [-0.05, 0) is 31.7 Å². The SMILES string of the molecule is CC(C)C[C@H](CN)CC(=O)N1C(C)SCC1C(=O)O. The van der Waals surface area contributed by atoms with Crippen LogP contribution in [0.25, 0.3) is 0 Å². The molecule has 19 heavy (non-hydrogen) atoms. The molecule has 0 radical (unpaired) electrons. The van der Waals surface area contributed by atoms with Crippen LogP contribution in [0, 0.1) is 11.8 Å². The first-order valence-electron chi connectivity index (χ1n) is 6.72. The Morgan fingerprint density at radius 2 is 2.11 bits per heavy atom. The van der Waals surface area contributed by atoms with Crippen LogP contribution in [0.2, 0.25) is 0 Å². The Morgan fingerprint density at radius 1 is 1.47 bits per heavy atom. The molecule has 110 valence electrons. The van der Waals surface area contributed by atoms with Gasteiger partial charge in [0, 0.05) is 12.2 Å². The normalized spacial score (nSPS) is 24.8. The van der Waals surface area contributed by atoms with Crippen LogP contribution in [-0.4, -0.2) is 45.6 Å². The molecule has 1 aliphatic rings. The Kier molecular flexibility index (Phi) is 6.13. The van der Waals surface area contributed by atoms with E-state index in [9.17, 15) is 9.59 Å². The van der Waals surface area contributed by atoms with Crippen LogP contribution in [-0.2, 0) is 9.59 Å². The van der Waals surface area contributed by atoms with E-state index in [2.05, 4.69) is 13.8 Å². The minimum absolute atomic E-state index is 0.0638. The summed E-state index contributed by atoms with van der Waals surface area (Å²) in [6.07, 6.45) is 1.25.